The van der Waals surface area contributed by atoms with Crippen molar-refractivity contribution in [3.8, 4) is 0 Å². The first-order chi connectivity index (χ1) is 9.67. The molecule has 1 amide bonds. The van der Waals surface area contributed by atoms with E-state index in [-0.39, 0.29) is 41.0 Å². The van der Waals surface area contributed by atoms with E-state index in [4.69, 9.17) is 4.74 Å². The van der Waals surface area contributed by atoms with Gasteiger partial charge in [0.25, 0.3) is 5.91 Å². The number of hydrazone groups is 1. The summed E-state index contributed by atoms with van der Waals surface area (Å²) in [5, 5.41) is 16.0. The fraction of sp³-hybridized carbons (Fsp3) is 0.154. The summed E-state index contributed by atoms with van der Waals surface area (Å²) in [7, 11) is 3.13. The zero-order valence-corrected chi connectivity index (χ0v) is 13.9. The Labute approximate surface area is 142 Å². The fourth-order valence-corrected chi connectivity index (χ4v) is 2.11. The molecule has 1 aromatic heterocycles. The van der Waals surface area contributed by atoms with E-state index in [1.807, 2.05) is 24.3 Å². The quantitative estimate of drug-likeness (QED) is 0.321. The minimum atomic E-state index is -0.546. The Bertz CT molecular complexity index is 766. The topological polar surface area (TPSA) is 82.8 Å². The molecule has 0 unspecified atom stereocenters. The number of rotatable bonds is 1. The molecule has 0 saturated carbocycles. The number of benzene rings is 1. The second-order valence-corrected chi connectivity index (χ2v) is 4.22. The molecule has 0 bridgehead atoms. The van der Waals surface area contributed by atoms with Gasteiger partial charge < -0.3 is 14.4 Å². The summed E-state index contributed by atoms with van der Waals surface area (Å²) in [5.74, 6) is -0.213. The molecule has 7 nitrogen and oxygen atoms in total. The second-order valence-electron chi connectivity index (χ2n) is 4.22. The largest absolute Gasteiger partial charge is 1.00 e. The van der Waals surface area contributed by atoms with Crippen molar-refractivity contribution in [3.63, 3.8) is 0 Å². The summed E-state index contributed by atoms with van der Waals surface area (Å²) >= 11 is 0. The van der Waals surface area contributed by atoms with Crippen LogP contribution in [-0.2, 0) is 16.6 Å². The van der Waals surface area contributed by atoms with Crippen LogP contribution in [0, 0.1) is 0 Å². The van der Waals surface area contributed by atoms with Crippen LogP contribution in [0.1, 0.15) is 0 Å². The zero-order valence-electron chi connectivity index (χ0n) is 11.9. The number of anilines is 1. The molecule has 21 heavy (non-hydrogen) atoms. The van der Waals surface area contributed by atoms with Gasteiger partial charge in [-0.3, -0.25) is 4.79 Å². The van der Waals surface area contributed by atoms with Crippen LogP contribution < -0.4 is 39.7 Å². The van der Waals surface area contributed by atoms with Crippen molar-refractivity contribution >= 4 is 28.8 Å². The monoisotopic (exact) mass is 294 g/mol. The molecule has 0 N–H and O–H groups in total. The molecule has 1 aliphatic rings. The molecule has 2 aromatic rings. The number of carbonyl (C=O) groups is 1. The Hall–Kier alpha value is -1.83. The number of fused-ring (bicyclic) bond motifs is 1. The number of para-hydroxylation sites is 2. The number of amides is 1. The summed E-state index contributed by atoms with van der Waals surface area (Å²) < 4.78 is 6.67. The van der Waals surface area contributed by atoms with Gasteiger partial charge in [0.15, 0.2) is 0 Å². The summed E-state index contributed by atoms with van der Waals surface area (Å²) in [6, 6.07) is 7.46. The van der Waals surface area contributed by atoms with Crippen molar-refractivity contribution in [2.24, 2.45) is 12.1 Å². The van der Waals surface area contributed by atoms with Gasteiger partial charge in [-0.1, -0.05) is 12.1 Å². The second kappa shape index (κ2) is 5.88. The predicted octanol–water partition coefficient (Wildman–Crippen LogP) is -2.87. The molecule has 0 saturated heterocycles. The maximum absolute atomic E-state index is 12.1. The van der Waals surface area contributed by atoms with E-state index in [1.165, 1.54) is 7.11 Å². The van der Waals surface area contributed by atoms with Crippen LogP contribution in [0.5, 0.6) is 0 Å². The van der Waals surface area contributed by atoms with E-state index in [1.54, 1.807) is 11.6 Å². The van der Waals surface area contributed by atoms with Crippen LogP contribution >= 0.6 is 0 Å². The smallest absolute Gasteiger partial charge is 0.877 e. The number of ether oxygens (including phenoxy) is 1. The third-order valence-electron chi connectivity index (χ3n) is 3.11. The molecule has 0 radical (unpaired) electrons. The summed E-state index contributed by atoms with van der Waals surface area (Å²) in [6.45, 7) is 0. The summed E-state index contributed by atoms with van der Waals surface area (Å²) in [6.07, 6.45) is 0.438. The van der Waals surface area contributed by atoms with Crippen LogP contribution in [-0.4, -0.2) is 28.5 Å². The van der Waals surface area contributed by atoms with E-state index in [2.05, 4.69) is 10.1 Å². The average Bonchev–Trinajstić information content (AvgIpc) is 2.97. The maximum Gasteiger partial charge on any atom is 1.00 e. The molecule has 0 atom stereocenters. The van der Waals surface area contributed by atoms with Crippen LogP contribution in [0.2, 0.25) is 0 Å². The molecular weight excluding hydrogens is 283 g/mol. The minimum Gasteiger partial charge on any atom is -0.877 e. The normalized spacial score (nSPS) is 16.3. The van der Waals surface area contributed by atoms with Gasteiger partial charge in [-0.25, -0.2) is 4.98 Å². The molecule has 102 valence electrons. The van der Waals surface area contributed by atoms with Gasteiger partial charge in [0.2, 0.25) is 11.8 Å². The van der Waals surface area contributed by atoms with E-state index < -0.39 is 5.91 Å². The van der Waals surface area contributed by atoms with Crippen LogP contribution in [0.25, 0.3) is 11.0 Å². The Kier molecular flexibility index (Phi) is 4.36. The van der Waals surface area contributed by atoms with E-state index >= 15 is 0 Å². The standard InChI is InChI=1S/C13H12N4O3.Na/c1-16-10-6-4-3-5-9(10)14-13(16)17-12(19)8(7-18)11(15-17)20-2;/h3-7,18H,1-2H3;/q;+1/p-1/b8-7-;. The molecule has 8 heteroatoms. The van der Waals surface area contributed by atoms with Gasteiger partial charge >= 0.3 is 29.6 Å². The van der Waals surface area contributed by atoms with Crippen molar-refractivity contribution in [3.05, 3.63) is 36.1 Å². The summed E-state index contributed by atoms with van der Waals surface area (Å²) in [4.78, 5) is 16.5. The van der Waals surface area contributed by atoms with E-state index in [0.29, 0.717) is 12.2 Å². The first kappa shape index (κ1) is 15.6. The van der Waals surface area contributed by atoms with Crippen molar-refractivity contribution in [2.45, 2.75) is 0 Å². The predicted molar refractivity (Wildman–Crippen MR) is 70.7 cm³/mol. The third kappa shape index (κ3) is 2.33. The van der Waals surface area contributed by atoms with E-state index in [9.17, 15) is 9.90 Å². The number of aryl methyl sites for hydroxylation is 1. The van der Waals surface area contributed by atoms with Crippen LogP contribution in [0.4, 0.5) is 5.95 Å². The third-order valence-corrected chi connectivity index (χ3v) is 3.11. The molecule has 1 aliphatic heterocycles. The van der Waals surface area contributed by atoms with E-state index in [0.717, 1.165) is 16.0 Å². The van der Waals surface area contributed by atoms with Gasteiger partial charge in [-0.05, 0) is 12.1 Å². The molecule has 3 rings (SSSR count). The molecule has 1 aromatic carbocycles. The Morgan fingerprint density at radius 3 is 2.62 bits per heavy atom. The Morgan fingerprint density at radius 2 is 2.05 bits per heavy atom. The van der Waals surface area contributed by atoms with Crippen molar-refractivity contribution in [1.82, 2.24) is 9.55 Å². The number of methoxy groups -OCH3 is 1. The molecule has 0 aliphatic carbocycles. The number of hydrogen-bond donors (Lipinski definition) is 0. The Morgan fingerprint density at radius 1 is 1.33 bits per heavy atom. The van der Waals surface area contributed by atoms with Gasteiger partial charge in [-0.2, -0.15) is 5.01 Å². The molecule has 0 spiro atoms. The Balaban J connectivity index is 0.00000161. The van der Waals surface area contributed by atoms with Crippen LogP contribution in [0.3, 0.4) is 0 Å². The molecule has 0 fully saturated rings. The SMILES string of the molecule is COC1=NN(c2nc3ccccc3n2C)C(=O)/C1=C\[O-].[Na+]. The number of hydrogen-bond acceptors (Lipinski definition) is 5. The summed E-state index contributed by atoms with van der Waals surface area (Å²) in [5.41, 5.74) is 1.50. The first-order valence-electron chi connectivity index (χ1n) is 5.88. The average molecular weight is 294 g/mol. The van der Waals surface area contributed by atoms with Crippen LogP contribution in [0.15, 0.2) is 41.2 Å². The maximum atomic E-state index is 12.1. The van der Waals surface area contributed by atoms with Crippen molar-refractivity contribution in [1.29, 1.82) is 0 Å². The first-order valence-corrected chi connectivity index (χ1v) is 5.88. The number of imidazole rings is 1. The van der Waals surface area contributed by atoms with Gasteiger partial charge in [0.1, 0.15) is 0 Å². The number of carbonyl (C=O) groups excluding carboxylic acids is 1. The van der Waals surface area contributed by atoms with Crippen molar-refractivity contribution < 1.29 is 44.2 Å². The number of nitrogens with zero attached hydrogens (tertiary/aromatic N) is 4. The van der Waals surface area contributed by atoms with Crippen molar-refractivity contribution in [2.75, 3.05) is 12.1 Å². The minimum absolute atomic E-state index is 0. The van der Waals surface area contributed by atoms with Gasteiger partial charge in [-0.15, -0.1) is 11.4 Å². The number of aromatic nitrogens is 2. The fourth-order valence-electron chi connectivity index (χ4n) is 2.11. The molecular formula is C13H11N4NaO3. The van der Waals surface area contributed by atoms with Gasteiger partial charge in [0, 0.05) is 7.05 Å². The molecule has 2 heterocycles. The van der Waals surface area contributed by atoms with Gasteiger partial charge in [0.05, 0.1) is 23.7 Å². The zero-order chi connectivity index (χ0) is 14.3.